The highest BCUT2D eigenvalue weighted by Gasteiger charge is 2.44. The van der Waals surface area contributed by atoms with Crippen molar-refractivity contribution in [2.45, 2.75) is 58.0 Å². The summed E-state index contributed by atoms with van der Waals surface area (Å²) >= 11 is 0. The lowest BCUT2D eigenvalue weighted by Crippen LogP contribution is -2.51. The van der Waals surface area contributed by atoms with Crippen LogP contribution in [0.4, 0.5) is 0 Å². The third kappa shape index (κ3) is 4.66. The molecule has 1 aromatic carbocycles. The smallest absolute Gasteiger partial charge is 0.251 e. The molecule has 166 valence electrons. The number of aryl methyl sites for hydroxylation is 2. The van der Waals surface area contributed by atoms with Gasteiger partial charge in [-0.05, 0) is 64.6 Å². The molecule has 0 aliphatic carbocycles. The van der Waals surface area contributed by atoms with Crippen LogP contribution in [0.25, 0.3) is 0 Å². The molecule has 2 saturated heterocycles. The summed E-state index contributed by atoms with van der Waals surface area (Å²) in [6.45, 7) is 7.60. The van der Waals surface area contributed by atoms with Gasteiger partial charge < -0.3 is 14.7 Å². The minimum Gasteiger partial charge on any atom is -0.361 e. The molecule has 7 nitrogen and oxygen atoms in total. The second-order valence-electron chi connectivity index (χ2n) is 8.85. The summed E-state index contributed by atoms with van der Waals surface area (Å²) in [5.74, 6) is 0.720. The summed E-state index contributed by atoms with van der Waals surface area (Å²) in [4.78, 5) is 29.9. The van der Waals surface area contributed by atoms with Gasteiger partial charge in [-0.25, -0.2) is 0 Å². The fraction of sp³-hybridized carbons (Fsp3) is 0.542. The Morgan fingerprint density at radius 1 is 1.06 bits per heavy atom. The molecule has 7 heteroatoms. The Kier molecular flexibility index (Phi) is 6.41. The Labute approximate surface area is 183 Å². The van der Waals surface area contributed by atoms with Gasteiger partial charge in [0.25, 0.3) is 5.91 Å². The van der Waals surface area contributed by atoms with Crippen molar-refractivity contribution >= 4 is 11.8 Å². The highest BCUT2D eigenvalue weighted by molar-refractivity contribution is 5.96. The second-order valence-corrected chi connectivity index (χ2v) is 8.85. The molecule has 2 aromatic rings. The zero-order valence-corrected chi connectivity index (χ0v) is 18.5. The van der Waals surface area contributed by atoms with Gasteiger partial charge >= 0.3 is 0 Å². The number of rotatable bonds is 5. The van der Waals surface area contributed by atoms with Crippen LogP contribution in [0.15, 0.2) is 34.9 Å². The molecule has 0 radical (unpaired) electrons. The molecule has 4 rings (SSSR count). The van der Waals surface area contributed by atoms with E-state index in [1.165, 1.54) is 5.56 Å². The minimum absolute atomic E-state index is 0.0287. The lowest BCUT2D eigenvalue weighted by atomic mass is 9.87. The predicted molar refractivity (Wildman–Crippen MR) is 118 cm³/mol. The van der Waals surface area contributed by atoms with E-state index in [4.69, 9.17) is 4.52 Å². The number of aromatic nitrogens is 1. The summed E-state index contributed by atoms with van der Waals surface area (Å²) < 4.78 is 5.32. The van der Waals surface area contributed by atoms with Crippen LogP contribution in [0.1, 0.15) is 59.5 Å². The molecule has 0 unspecified atom stereocenters. The van der Waals surface area contributed by atoms with Crippen molar-refractivity contribution in [2.75, 3.05) is 26.2 Å². The minimum atomic E-state index is -0.200. The van der Waals surface area contributed by atoms with Crippen LogP contribution < -0.4 is 5.32 Å². The van der Waals surface area contributed by atoms with Crippen LogP contribution in [0.2, 0.25) is 0 Å². The van der Waals surface area contributed by atoms with Gasteiger partial charge in [-0.2, -0.15) is 0 Å². The van der Waals surface area contributed by atoms with Crippen molar-refractivity contribution in [3.63, 3.8) is 0 Å². The average Bonchev–Trinajstić information content (AvgIpc) is 3.26. The zero-order chi connectivity index (χ0) is 21.8. The number of nitrogens with zero attached hydrogens (tertiary/aromatic N) is 3. The monoisotopic (exact) mass is 424 g/mol. The number of amides is 2. The quantitative estimate of drug-likeness (QED) is 0.798. The van der Waals surface area contributed by atoms with E-state index < -0.39 is 0 Å². The number of benzene rings is 1. The fourth-order valence-electron chi connectivity index (χ4n) is 5.13. The average molecular weight is 425 g/mol. The number of hydrogen-bond donors (Lipinski definition) is 1. The third-order valence-electron chi connectivity index (χ3n) is 6.91. The van der Waals surface area contributed by atoms with E-state index in [1.807, 2.05) is 32.0 Å². The van der Waals surface area contributed by atoms with Crippen molar-refractivity contribution in [3.8, 4) is 0 Å². The second kappa shape index (κ2) is 9.22. The first-order chi connectivity index (χ1) is 15.0. The van der Waals surface area contributed by atoms with Gasteiger partial charge in [0.2, 0.25) is 5.91 Å². The number of hydrogen-bond acceptors (Lipinski definition) is 5. The van der Waals surface area contributed by atoms with Crippen molar-refractivity contribution in [3.05, 3.63) is 52.9 Å². The van der Waals surface area contributed by atoms with Gasteiger partial charge in [-0.1, -0.05) is 23.4 Å². The summed E-state index contributed by atoms with van der Waals surface area (Å²) in [6.07, 6.45) is 5.12. The Hall–Kier alpha value is -2.67. The van der Waals surface area contributed by atoms with Crippen LogP contribution in [0, 0.1) is 13.8 Å². The molecule has 2 aliphatic heterocycles. The lowest BCUT2D eigenvalue weighted by Gasteiger charge is -2.38. The SMILES string of the molecule is Cc1noc(C)c1CN1CCC[C@]2(CCCN2C(=O)CNC(=O)c2ccccc2)CC1. The molecule has 1 spiro atoms. The highest BCUT2D eigenvalue weighted by atomic mass is 16.5. The zero-order valence-electron chi connectivity index (χ0n) is 18.5. The Bertz CT molecular complexity index is 907. The molecule has 1 N–H and O–H groups in total. The Morgan fingerprint density at radius 3 is 2.52 bits per heavy atom. The highest BCUT2D eigenvalue weighted by Crippen LogP contribution is 2.38. The van der Waals surface area contributed by atoms with Gasteiger partial charge in [-0.3, -0.25) is 14.5 Å². The van der Waals surface area contributed by atoms with Crippen LogP contribution >= 0.6 is 0 Å². The van der Waals surface area contributed by atoms with Gasteiger partial charge in [-0.15, -0.1) is 0 Å². The molecular formula is C24H32N4O3. The molecular weight excluding hydrogens is 392 g/mol. The standard InChI is InChI=1S/C24H32N4O3/c1-18-21(19(2)31-26-18)17-27-13-6-10-24(12-15-27)11-7-14-28(24)22(29)16-25-23(30)20-8-4-3-5-9-20/h3-5,8-9H,6-7,10-17H2,1-2H3,(H,25,30)/t24-/m0/s1. The van der Waals surface area contributed by atoms with Gasteiger partial charge in [0.05, 0.1) is 12.2 Å². The van der Waals surface area contributed by atoms with E-state index in [0.717, 1.165) is 69.7 Å². The molecule has 2 amide bonds. The molecule has 2 fully saturated rings. The number of nitrogens with one attached hydrogen (secondary N) is 1. The first-order valence-electron chi connectivity index (χ1n) is 11.3. The first-order valence-corrected chi connectivity index (χ1v) is 11.3. The summed E-state index contributed by atoms with van der Waals surface area (Å²) in [5.41, 5.74) is 2.64. The topological polar surface area (TPSA) is 78.7 Å². The van der Waals surface area contributed by atoms with Gasteiger partial charge in [0.1, 0.15) is 5.76 Å². The first kappa shape index (κ1) is 21.6. The van der Waals surface area contributed by atoms with Crippen LogP contribution in [0.3, 0.4) is 0 Å². The number of carbonyl (C=O) groups excluding carboxylic acids is 2. The van der Waals surface area contributed by atoms with Crippen molar-refractivity contribution < 1.29 is 14.1 Å². The van der Waals surface area contributed by atoms with Crippen molar-refractivity contribution in [1.29, 1.82) is 0 Å². The normalized spacial score (nSPS) is 21.9. The molecule has 1 aromatic heterocycles. The number of likely N-dealkylation sites (tertiary alicyclic amines) is 2. The number of carbonyl (C=O) groups is 2. The van der Waals surface area contributed by atoms with E-state index in [9.17, 15) is 9.59 Å². The van der Waals surface area contributed by atoms with E-state index >= 15 is 0 Å². The van der Waals surface area contributed by atoms with Gasteiger partial charge in [0.15, 0.2) is 0 Å². The largest absolute Gasteiger partial charge is 0.361 e. The van der Waals surface area contributed by atoms with Crippen molar-refractivity contribution in [1.82, 2.24) is 20.3 Å². The predicted octanol–water partition coefficient (Wildman–Crippen LogP) is 3.07. The summed E-state index contributed by atoms with van der Waals surface area (Å²) in [7, 11) is 0. The van der Waals surface area contributed by atoms with Crippen LogP contribution in [0.5, 0.6) is 0 Å². The van der Waals surface area contributed by atoms with Crippen molar-refractivity contribution in [2.24, 2.45) is 0 Å². The van der Waals surface area contributed by atoms with E-state index in [2.05, 4.69) is 20.3 Å². The van der Waals surface area contributed by atoms with Crippen LogP contribution in [-0.2, 0) is 11.3 Å². The van der Waals surface area contributed by atoms with E-state index in [1.54, 1.807) is 12.1 Å². The summed E-state index contributed by atoms with van der Waals surface area (Å²) in [5, 5.41) is 6.89. The molecule has 0 bridgehead atoms. The molecule has 1 atom stereocenters. The fourth-order valence-corrected chi connectivity index (χ4v) is 5.13. The molecule has 31 heavy (non-hydrogen) atoms. The maximum atomic E-state index is 13.1. The maximum absolute atomic E-state index is 13.1. The maximum Gasteiger partial charge on any atom is 0.251 e. The van der Waals surface area contributed by atoms with E-state index in [0.29, 0.717) is 5.56 Å². The Balaban J connectivity index is 1.36. The van der Waals surface area contributed by atoms with Crippen LogP contribution in [-0.4, -0.2) is 58.5 Å². The Morgan fingerprint density at radius 2 is 1.81 bits per heavy atom. The molecule has 0 saturated carbocycles. The third-order valence-corrected chi connectivity index (χ3v) is 6.91. The molecule has 3 heterocycles. The van der Waals surface area contributed by atoms with Gasteiger partial charge in [0, 0.05) is 36.3 Å². The molecule has 2 aliphatic rings. The van der Waals surface area contributed by atoms with E-state index in [-0.39, 0.29) is 23.9 Å². The lowest BCUT2D eigenvalue weighted by molar-refractivity contribution is -0.134. The summed E-state index contributed by atoms with van der Waals surface area (Å²) in [6, 6.07) is 9.04.